The van der Waals surface area contributed by atoms with Gasteiger partial charge in [0.05, 0.1) is 6.10 Å². The van der Waals surface area contributed by atoms with Gasteiger partial charge in [-0.25, -0.2) is 0 Å². The van der Waals surface area contributed by atoms with Crippen molar-refractivity contribution in [2.75, 3.05) is 13.1 Å². The van der Waals surface area contributed by atoms with Gasteiger partial charge < -0.3 is 15.7 Å². The molecule has 3 atom stereocenters. The van der Waals surface area contributed by atoms with Crippen LogP contribution >= 0.6 is 24.0 Å². The fourth-order valence-corrected chi connectivity index (χ4v) is 5.74. The number of rotatable bonds is 3. The molecule has 3 fully saturated rings. The molecule has 1 aromatic carbocycles. The molecule has 6 heteroatoms. The van der Waals surface area contributed by atoms with E-state index in [0.29, 0.717) is 28.8 Å². The standard InChI is InChI=1S/C22H31ClN2O2.ClH/c23-19-6-4-14(5-7-19)21(26)15-8-10-25(11-9-15)22(27)18-12-16-2-1-3-17(13-18)20(16)24;/h4-7,15-18,20-21,26H,1-3,8-13,24H2;1H. The summed E-state index contributed by atoms with van der Waals surface area (Å²) in [5.41, 5.74) is 7.30. The lowest BCUT2D eigenvalue weighted by Crippen LogP contribution is -2.50. The molecule has 4 nitrogen and oxygen atoms in total. The normalized spacial score (nSPS) is 31.8. The third-order valence-electron chi connectivity index (χ3n) is 7.27. The lowest BCUT2D eigenvalue weighted by molar-refractivity contribution is -0.140. The molecular weight excluding hydrogens is 395 g/mol. The van der Waals surface area contributed by atoms with Crippen LogP contribution in [0.1, 0.15) is 56.6 Å². The first-order valence-corrected chi connectivity index (χ1v) is 10.9. The number of aliphatic hydroxyl groups is 1. The average molecular weight is 427 g/mol. The number of piperidine rings is 1. The molecule has 1 aliphatic heterocycles. The molecular formula is C22H32Cl2N2O2. The fraction of sp³-hybridized carbons (Fsp3) is 0.682. The van der Waals surface area contributed by atoms with Gasteiger partial charge in [0.25, 0.3) is 0 Å². The molecule has 156 valence electrons. The summed E-state index contributed by atoms with van der Waals surface area (Å²) in [5, 5.41) is 11.4. The van der Waals surface area contributed by atoms with Crippen LogP contribution in [0.4, 0.5) is 0 Å². The highest BCUT2D eigenvalue weighted by molar-refractivity contribution is 6.30. The highest BCUT2D eigenvalue weighted by atomic mass is 35.5. The van der Waals surface area contributed by atoms with Crippen LogP contribution in [0.25, 0.3) is 0 Å². The summed E-state index contributed by atoms with van der Waals surface area (Å²) in [5.74, 6) is 1.77. The number of nitrogens with two attached hydrogens (primary N) is 1. The van der Waals surface area contributed by atoms with Crippen molar-refractivity contribution in [3.8, 4) is 0 Å². The Kier molecular flexibility index (Phi) is 7.30. The van der Waals surface area contributed by atoms with Crippen molar-refractivity contribution >= 4 is 29.9 Å². The molecule has 3 aliphatic rings. The monoisotopic (exact) mass is 426 g/mol. The van der Waals surface area contributed by atoms with Crippen molar-refractivity contribution in [1.82, 2.24) is 4.90 Å². The Labute approximate surface area is 179 Å². The Morgan fingerprint density at radius 3 is 2.21 bits per heavy atom. The molecule has 0 spiro atoms. The Balaban J connectivity index is 0.00000225. The van der Waals surface area contributed by atoms with E-state index >= 15 is 0 Å². The lowest BCUT2D eigenvalue weighted by Gasteiger charge is -2.45. The molecule has 0 radical (unpaired) electrons. The smallest absolute Gasteiger partial charge is 0.225 e. The van der Waals surface area contributed by atoms with Gasteiger partial charge in [0.1, 0.15) is 0 Å². The van der Waals surface area contributed by atoms with Gasteiger partial charge in [-0.1, -0.05) is 30.2 Å². The van der Waals surface area contributed by atoms with Gasteiger partial charge in [-0.2, -0.15) is 0 Å². The maximum absolute atomic E-state index is 13.1. The summed E-state index contributed by atoms with van der Waals surface area (Å²) < 4.78 is 0. The van der Waals surface area contributed by atoms with Crippen LogP contribution in [0.5, 0.6) is 0 Å². The number of benzene rings is 1. The molecule has 1 aromatic rings. The number of hydrogen-bond acceptors (Lipinski definition) is 3. The van der Waals surface area contributed by atoms with E-state index < -0.39 is 6.10 Å². The SMILES string of the molecule is Cl.NC1C2CCCC1CC(C(=O)N1CCC(C(O)c3ccc(Cl)cc3)CC1)C2. The minimum absolute atomic E-state index is 0. The predicted molar refractivity (Wildman–Crippen MR) is 114 cm³/mol. The lowest BCUT2D eigenvalue weighted by atomic mass is 9.65. The third kappa shape index (κ3) is 4.51. The van der Waals surface area contributed by atoms with Crippen LogP contribution in [0.15, 0.2) is 24.3 Å². The molecule has 1 amide bonds. The van der Waals surface area contributed by atoms with Gasteiger partial charge in [-0.05, 0) is 74.0 Å². The molecule has 2 saturated carbocycles. The minimum atomic E-state index is -0.480. The molecule has 1 saturated heterocycles. The average Bonchev–Trinajstić information content (AvgIpc) is 2.67. The van der Waals surface area contributed by atoms with Crippen LogP contribution in [0, 0.1) is 23.7 Å². The first-order chi connectivity index (χ1) is 13.0. The van der Waals surface area contributed by atoms with E-state index in [-0.39, 0.29) is 24.2 Å². The summed E-state index contributed by atoms with van der Waals surface area (Å²) in [6.45, 7) is 1.51. The van der Waals surface area contributed by atoms with E-state index in [9.17, 15) is 9.90 Å². The van der Waals surface area contributed by atoms with Crippen molar-refractivity contribution in [2.24, 2.45) is 29.4 Å². The van der Waals surface area contributed by atoms with E-state index in [1.54, 1.807) is 0 Å². The molecule has 2 bridgehead atoms. The zero-order valence-electron chi connectivity index (χ0n) is 16.3. The first-order valence-electron chi connectivity index (χ1n) is 10.5. The summed E-state index contributed by atoms with van der Waals surface area (Å²) in [4.78, 5) is 15.1. The van der Waals surface area contributed by atoms with Crippen molar-refractivity contribution in [2.45, 2.75) is 57.1 Å². The summed E-state index contributed by atoms with van der Waals surface area (Å²) in [7, 11) is 0. The van der Waals surface area contributed by atoms with Crippen LogP contribution in [-0.4, -0.2) is 35.0 Å². The molecule has 2 aliphatic carbocycles. The van der Waals surface area contributed by atoms with Crippen LogP contribution in [0.3, 0.4) is 0 Å². The van der Waals surface area contributed by atoms with E-state index in [1.165, 1.54) is 19.3 Å². The maximum Gasteiger partial charge on any atom is 0.225 e. The van der Waals surface area contributed by atoms with Crippen molar-refractivity contribution in [3.05, 3.63) is 34.9 Å². The Morgan fingerprint density at radius 1 is 1.07 bits per heavy atom. The number of carbonyl (C=O) groups excluding carboxylic acids is 1. The number of aliphatic hydroxyl groups excluding tert-OH is 1. The molecule has 3 unspecified atom stereocenters. The molecule has 4 rings (SSSR count). The van der Waals surface area contributed by atoms with E-state index in [1.807, 2.05) is 29.2 Å². The number of hydrogen-bond donors (Lipinski definition) is 2. The highest BCUT2D eigenvalue weighted by Gasteiger charge is 2.42. The van der Waals surface area contributed by atoms with Gasteiger partial charge in [0.15, 0.2) is 0 Å². The first kappa shape index (κ1) is 21.9. The van der Waals surface area contributed by atoms with Crippen LogP contribution in [0.2, 0.25) is 5.02 Å². The maximum atomic E-state index is 13.1. The summed E-state index contributed by atoms with van der Waals surface area (Å²) in [6, 6.07) is 7.75. The van der Waals surface area contributed by atoms with Gasteiger partial charge in [0, 0.05) is 30.1 Å². The number of nitrogens with zero attached hydrogens (tertiary/aromatic N) is 1. The highest BCUT2D eigenvalue weighted by Crippen LogP contribution is 2.43. The van der Waals surface area contributed by atoms with Crippen LogP contribution < -0.4 is 5.73 Å². The Bertz CT molecular complexity index is 647. The van der Waals surface area contributed by atoms with Crippen molar-refractivity contribution < 1.29 is 9.90 Å². The third-order valence-corrected chi connectivity index (χ3v) is 7.52. The van der Waals surface area contributed by atoms with Gasteiger partial charge in [0.2, 0.25) is 5.91 Å². The van der Waals surface area contributed by atoms with E-state index in [2.05, 4.69) is 0 Å². The van der Waals surface area contributed by atoms with E-state index in [4.69, 9.17) is 17.3 Å². The summed E-state index contributed by atoms with van der Waals surface area (Å²) >= 11 is 5.94. The molecule has 3 N–H and O–H groups in total. The van der Waals surface area contributed by atoms with Crippen LogP contribution in [-0.2, 0) is 4.79 Å². The van der Waals surface area contributed by atoms with Crippen molar-refractivity contribution in [3.63, 3.8) is 0 Å². The zero-order chi connectivity index (χ0) is 19.0. The minimum Gasteiger partial charge on any atom is -0.388 e. The second-order valence-corrected chi connectivity index (χ2v) is 9.29. The van der Waals surface area contributed by atoms with E-state index in [0.717, 1.165) is 44.3 Å². The number of halogens is 2. The molecule has 1 heterocycles. The summed E-state index contributed by atoms with van der Waals surface area (Å²) in [6.07, 6.45) is 6.84. The van der Waals surface area contributed by atoms with Gasteiger partial charge in [-0.3, -0.25) is 4.79 Å². The quantitative estimate of drug-likeness (QED) is 0.760. The fourth-order valence-electron chi connectivity index (χ4n) is 5.62. The van der Waals surface area contributed by atoms with Gasteiger partial charge in [-0.15, -0.1) is 12.4 Å². The predicted octanol–water partition coefficient (Wildman–Crippen LogP) is 4.19. The molecule has 0 aromatic heterocycles. The second-order valence-electron chi connectivity index (χ2n) is 8.86. The van der Waals surface area contributed by atoms with Gasteiger partial charge >= 0.3 is 0 Å². The second kappa shape index (κ2) is 9.34. The van der Waals surface area contributed by atoms with Crippen molar-refractivity contribution in [1.29, 1.82) is 0 Å². The topological polar surface area (TPSA) is 66.6 Å². The largest absolute Gasteiger partial charge is 0.388 e. The number of likely N-dealkylation sites (tertiary alicyclic amines) is 1. The molecule has 28 heavy (non-hydrogen) atoms. The Hall–Kier alpha value is -0.810. The number of fused-ring (bicyclic) bond motifs is 2. The number of amides is 1. The number of carbonyl (C=O) groups is 1. The zero-order valence-corrected chi connectivity index (χ0v) is 17.9. The Morgan fingerprint density at radius 2 is 1.64 bits per heavy atom.